The van der Waals surface area contributed by atoms with Crippen LogP contribution in [0.5, 0.6) is 5.75 Å². The van der Waals surface area contributed by atoms with Gasteiger partial charge in [-0.1, -0.05) is 13.0 Å². The summed E-state index contributed by atoms with van der Waals surface area (Å²) < 4.78 is 16.9. The molecule has 1 aromatic carbocycles. The molecule has 0 saturated carbocycles. The summed E-state index contributed by atoms with van der Waals surface area (Å²) in [4.78, 5) is 33.8. The van der Waals surface area contributed by atoms with Crippen molar-refractivity contribution in [2.45, 2.75) is 32.5 Å². The zero-order valence-electron chi connectivity index (χ0n) is 21.2. The number of methoxy groups -OCH3 is 2. The van der Waals surface area contributed by atoms with E-state index >= 15 is 0 Å². The van der Waals surface area contributed by atoms with E-state index in [2.05, 4.69) is 29.0 Å². The number of carbonyl (C=O) groups excluding carboxylic acids is 2. The molecular formula is C26H36N4O5. The average molecular weight is 485 g/mol. The molecule has 1 N–H and O–H groups in total. The zero-order chi connectivity index (χ0) is 25.4. The van der Waals surface area contributed by atoms with Crippen LogP contribution in [0.25, 0.3) is 0 Å². The SMILES string of the molecule is COCC(=O)Nc1ccc2c(c1)OC[C@H](C)N(Cc1ccccn1)C[C@@H](C)[C@@H](OC)CN(C)C2=O. The van der Waals surface area contributed by atoms with Crippen molar-refractivity contribution in [1.82, 2.24) is 14.8 Å². The van der Waals surface area contributed by atoms with Gasteiger partial charge in [0.25, 0.3) is 5.91 Å². The summed E-state index contributed by atoms with van der Waals surface area (Å²) in [6, 6.07) is 11.0. The molecular weight excluding hydrogens is 448 g/mol. The van der Waals surface area contributed by atoms with Crippen molar-refractivity contribution in [3.63, 3.8) is 0 Å². The fourth-order valence-electron chi connectivity index (χ4n) is 4.17. The van der Waals surface area contributed by atoms with Crippen molar-refractivity contribution in [2.24, 2.45) is 5.92 Å². The van der Waals surface area contributed by atoms with Crippen LogP contribution in [0.15, 0.2) is 42.6 Å². The molecule has 2 heterocycles. The first-order valence-corrected chi connectivity index (χ1v) is 11.8. The molecule has 0 fully saturated rings. The third kappa shape index (κ3) is 7.24. The first-order chi connectivity index (χ1) is 16.8. The lowest BCUT2D eigenvalue weighted by atomic mass is 10.0. The maximum atomic E-state index is 13.3. The van der Waals surface area contributed by atoms with E-state index in [1.165, 1.54) is 7.11 Å². The Morgan fingerprint density at radius 2 is 2.00 bits per heavy atom. The molecule has 2 aromatic rings. The average Bonchev–Trinajstić information content (AvgIpc) is 2.85. The number of amides is 2. The Hall–Kier alpha value is -3.01. The monoisotopic (exact) mass is 484 g/mol. The number of ether oxygens (including phenoxy) is 3. The number of benzene rings is 1. The molecule has 0 bridgehead atoms. The Labute approximate surface area is 207 Å². The number of hydrogen-bond acceptors (Lipinski definition) is 7. The van der Waals surface area contributed by atoms with Crippen LogP contribution in [0.2, 0.25) is 0 Å². The third-order valence-electron chi connectivity index (χ3n) is 6.23. The summed E-state index contributed by atoms with van der Waals surface area (Å²) in [6.45, 7) is 6.39. The van der Waals surface area contributed by atoms with E-state index in [9.17, 15) is 9.59 Å². The lowest BCUT2D eigenvalue weighted by Gasteiger charge is -2.35. The second kappa shape index (κ2) is 12.6. The van der Waals surface area contributed by atoms with Crippen LogP contribution < -0.4 is 10.1 Å². The highest BCUT2D eigenvalue weighted by atomic mass is 16.5. The molecule has 0 spiro atoms. The number of aromatic nitrogens is 1. The molecule has 190 valence electrons. The van der Waals surface area contributed by atoms with E-state index in [1.807, 2.05) is 18.2 Å². The van der Waals surface area contributed by atoms with E-state index in [0.717, 1.165) is 12.2 Å². The Balaban J connectivity index is 1.92. The smallest absolute Gasteiger partial charge is 0.257 e. The van der Waals surface area contributed by atoms with Crippen molar-refractivity contribution in [1.29, 1.82) is 0 Å². The Kier molecular flexibility index (Phi) is 9.59. The lowest BCUT2D eigenvalue weighted by Crippen LogP contribution is -2.46. The van der Waals surface area contributed by atoms with Crippen LogP contribution in [0.3, 0.4) is 0 Å². The van der Waals surface area contributed by atoms with E-state index in [0.29, 0.717) is 36.7 Å². The number of rotatable bonds is 6. The van der Waals surface area contributed by atoms with Gasteiger partial charge in [-0.3, -0.25) is 19.5 Å². The molecule has 3 atom stereocenters. The van der Waals surface area contributed by atoms with Gasteiger partial charge in [-0.2, -0.15) is 0 Å². The van der Waals surface area contributed by atoms with Crippen LogP contribution in [0, 0.1) is 5.92 Å². The fraction of sp³-hybridized carbons (Fsp3) is 0.500. The van der Waals surface area contributed by atoms with E-state index in [1.54, 1.807) is 43.5 Å². The van der Waals surface area contributed by atoms with Crippen molar-refractivity contribution >= 4 is 17.5 Å². The normalized spacial score (nSPS) is 21.9. The first kappa shape index (κ1) is 26.6. The van der Waals surface area contributed by atoms with Crippen LogP contribution >= 0.6 is 0 Å². The predicted octanol–water partition coefficient (Wildman–Crippen LogP) is 2.67. The van der Waals surface area contributed by atoms with Crippen molar-refractivity contribution in [3.8, 4) is 5.75 Å². The van der Waals surface area contributed by atoms with Crippen molar-refractivity contribution in [2.75, 3.05) is 52.9 Å². The first-order valence-electron chi connectivity index (χ1n) is 11.8. The standard InChI is InChI=1S/C26H36N4O5/c1-18-13-30(14-21-8-6-7-11-27-21)19(2)16-35-23-12-20(28-25(31)17-33-4)9-10-22(23)26(32)29(3)15-24(18)34-5/h6-12,18-19,24H,13-17H2,1-5H3,(H,28,31)/t18-,19+,24+/m1/s1. The zero-order valence-corrected chi connectivity index (χ0v) is 21.2. The second-order valence-electron chi connectivity index (χ2n) is 9.04. The third-order valence-corrected chi connectivity index (χ3v) is 6.23. The molecule has 3 rings (SSSR count). The molecule has 1 aromatic heterocycles. The van der Waals surface area contributed by atoms with Gasteiger partial charge < -0.3 is 24.4 Å². The van der Waals surface area contributed by atoms with Crippen molar-refractivity contribution < 1.29 is 23.8 Å². The van der Waals surface area contributed by atoms with E-state index in [4.69, 9.17) is 14.2 Å². The second-order valence-corrected chi connectivity index (χ2v) is 9.04. The largest absolute Gasteiger partial charge is 0.491 e. The van der Waals surface area contributed by atoms with Gasteiger partial charge in [0.1, 0.15) is 19.0 Å². The van der Waals surface area contributed by atoms with Crippen LogP contribution in [0.1, 0.15) is 29.9 Å². The lowest BCUT2D eigenvalue weighted by molar-refractivity contribution is -0.119. The Morgan fingerprint density at radius 1 is 1.20 bits per heavy atom. The minimum atomic E-state index is -0.282. The minimum Gasteiger partial charge on any atom is -0.491 e. The number of fused-ring (bicyclic) bond motifs is 1. The van der Waals surface area contributed by atoms with Crippen LogP contribution in [0.4, 0.5) is 5.69 Å². The molecule has 0 aliphatic carbocycles. The van der Waals surface area contributed by atoms with Gasteiger partial charge in [-0.15, -0.1) is 0 Å². The molecule has 1 aliphatic heterocycles. The highest BCUT2D eigenvalue weighted by Gasteiger charge is 2.28. The van der Waals surface area contributed by atoms with Gasteiger partial charge in [0.05, 0.1) is 17.4 Å². The van der Waals surface area contributed by atoms with Gasteiger partial charge in [-0.05, 0) is 37.1 Å². The fourth-order valence-corrected chi connectivity index (χ4v) is 4.17. The predicted molar refractivity (Wildman–Crippen MR) is 133 cm³/mol. The summed E-state index contributed by atoms with van der Waals surface area (Å²) in [7, 11) is 4.91. The molecule has 35 heavy (non-hydrogen) atoms. The highest BCUT2D eigenvalue weighted by Crippen LogP contribution is 2.27. The number of nitrogens with one attached hydrogen (secondary N) is 1. The summed E-state index contributed by atoms with van der Waals surface area (Å²) in [5, 5.41) is 2.77. The van der Waals surface area contributed by atoms with Gasteiger partial charge in [0.15, 0.2) is 0 Å². The van der Waals surface area contributed by atoms with Gasteiger partial charge >= 0.3 is 0 Å². The van der Waals surface area contributed by atoms with Crippen LogP contribution in [-0.4, -0.2) is 86.3 Å². The number of nitrogens with zero attached hydrogens (tertiary/aromatic N) is 3. The maximum absolute atomic E-state index is 13.3. The van der Waals surface area contributed by atoms with Crippen LogP contribution in [-0.2, 0) is 20.8 Å². The Bertz CT molecular complexity index is 987. The Morgan fingerprint density at radius 3 is 2.69 bits per heavy atom. The summed E-state index contributed by atoms with van der Waals surface area (Å²) in [5.74, 6) is 0.140. The number of carbonyl (C=O) groups is 2. The molecule has 1 aliphatic rings. The molecule has 0 unspecified atom stereocenters. The molecule has 9 heteroatoms. The van der Waals surface area contributed by atoms with E-state index < -0.39 is 0 Å². The van der Waals surface area contributed by atoms with Gasteiger partial charge in [0.2, 0.25) is 5.91 Å². The minimum absolute atomic E-state index is 0.0313. The number of anilines is 1. The topological polar surface area (TPSA) is 93.2 Å². The summed E-state index contributed by atoms with van der Waals surface area (Å²) in [5.41, 5.74) is 1.95. The number of likely N-dealkylation sites (N-methyl/N-ethyl adjacent to an activating group) is 1. The number of hydrogen-bond donors (Lipinski definition) is 1. The molecule has 9 nitrogen and oxygen atoms in total. The maximum Gasteiger partial charge on any atom is 0.257 e. The van der Waals surface area contributed by atoms with Crippen molar-refractivity contribution in [3.05, 3.63) is 53.9 Å². The van der Waals surface area contributed by atoms with E-state index in [-0.39, 0.29) is 36.5 Å². The van der Waals surface area contributed by atoms with Gasteiger partial charge in [0, 0.05) is 64.9 Å². The highest BCUT2D eigenvalue weighted by molar-refractivity contribution is 5.98. The molecule has 2 amide bonds. The van der Waals surface area contributed by atoms with Gasteiger partial charge in [-0.25, -0.2) is 0 Å². The summed E-state index contributed by atoms with van der Waals surface area (Å²) >= 11 is 0. The molecule has 0 radical (unpaired) electrons. The number of pyridine rings is 1. The summed E-state index contributed by atoms with van der Waals surface area (Å²) in [6.07, 6.45) is 1.66. The quantitative estimate of drug-likeness (QED) is 0.674. The molecule has 0 saturated heterocycles.